The van der Waals surface area contributed by atoms with Gasteiger partial charge in [-0.2, -0.15) is 0 Å². The first-order chi connectivity index (χ1) is 6.56. The van der Waals surface area contributed by atoms with Crippen molar-refractivity contribution >= 4 is 15.9 Å². The number of benzene rings is 1. The molecule has 14 heavy (non-hydrogen) atoms. The Balaban J connectivity index is 2.94. The molecule has 1 aromatic carbocycles. The van der Waals surface area contributed by atoms with Crippen LogP contribution in [0, 0.1) is 24.5 Å². The molecule has 0 aliphatic heterocycles. The minimum Gasteiger partial charge on any atom is -0.203 e. The first kappa shape index (κ1) is 11.6. The van der Waals surface area contributed by atoms with Gasteiger partial charge in [-0.05, 0) is 30.4 Å². The van der Waals surface area contributed by atoms with Crippen molar-refractivity contribution in [3.63, 3.8) is 0 Å². The molecule has 0 bridgehead atoms. The van der Waals surface area contributed by atoms with E-state index < -0.39 is 11.6 Å². The highest BCUT2D eigenvalue weighted by atomic mass is 79.9. The Morgan fingerprint density at radius 3 is 2.50 bits per heavy atom. The first-order valence-electron chi connectivity index (χ1n) is 4.55. The molecule has 3 heteroatoms. The van der Waals surface area contributed by atoms with Crippen LogP contribution in [-0.4, -0.2) is 5.33 Å². The zero-order chi connectivity index (χ0) is 10.7. The molecule has 0 N–H and O–H groups in total. The second-order valence-electron chi connectivity index (χ2n) is 3.63. The standard InChI is InChI=1S/C11H13BrF2/c1-7(6-12)5-9-4-3-8(2)10(13)11(9)14/h3-4,7H,5-6H2,1-2H3. The van der Waals surface area contributed by atoms with Crippen LogP contribution in [0.2, 0.25) is 0 Å². The molecular weight excluding hydrogens is 250 g/mol. The molecule has 78 valence electrons. The number of hydrogen-bond donors (Lipinski definition) is 0. The lowest BCUT2D eigenvalue weighted by Crippen LogP contribution is -2.05. The van der Waals surface area contributed by atoms with Crippen molar-refractivity contribution in [1.82, 2.24) is 0 Å². The summed E-state index contributed by atoms with van der Waals surface area (Å²) in [6.45, 7) is 3.56. The Bertz CT molecular complexity index is 323. The third-order valence-corrected chi connectivity index (χ3v) is 3.29. The van der Waals surface area contributed by atoms with Gasteiger partial charge in [0.25, 0.3) is 0 Å². The van der Waals surface area contributed by atoms with E-state index in [4.69, 9.17) is 0 Å². The summed E-state index contributed by atoms with van der Waals surface area (Å²) in [7, 11) is 0. The number of hydrogen-bond acceptors (Lipinski definition) is 0. The minimum atomic E-state index is -0.718. The van der Waals surface area contributed by atoms with E-state index in [1.807, 2.05) is 6.92 Å². The third kappa shape index (κ3) is 2.53. The van der Waals surface area contributed by atoms with Gasteiger partial charge in [0.2, 0.25) is 0 Å². The van der Waals surface area contributed by atoms with E-state index in [0.717, 1.165) is 5.33 Å². The maximum Gasteiger partial charge on any atom is 0.162 e. The summed E-state index contributed by atoms with van der Waals surface area (Å²) in [5.41, 5.74) is 0.817. The second kappa shape index (κ2) is 4.87. The van der Waals surface area contributed by atoms with Gasteiger partial charge >= 0.3 is 0 Å². The smallest absolute Gasteiger partial charge is 0.162 e. The summed E-state index contributed by atoms with van der Waals surface area (Å²) in [6, 6.07) is 3.28. The summed E-state index contributed by atoms with van der Waals surface area (Å²) in [4.78, 5) is 0. The maximum absolute atomic E-state index is 13.4. The maximum atomic E-state index is 13.4. The summed E-state index contributed by atoms with van der Waals surface area (Å²) in [5.74, 6) is -1.10. The van der Waals surface area contributed by atoms with Gasteiger partial charge in [-0.15, -0.1) is 0 Å². The minimum absolute atomic E-state index is 0.312. The zero-order valence-corrected chi connectivity index (χ0v) is 9.87. The molecule has 0 aliphatic rings. The Labute approximate surface area is 91.5 Å². The predicted molar refractivity (Wildman–Crippen MR) is 57.8 cm³/mol. The van der Waals surface area contributed by atoms with Crippen LogP contribution in [0.4, 0.5) is 8.78 Å². The van der Waals surface area contributed by atoms with Gasteiger partial charge in [-0.1, -0.05) is 35.0 Å². The van der Waals surface area contributed by atoms with Crippen molar-refractivity contribution < 1.29 is 8.78 Å². The largest absolute Gasteiger partial charge is 0.203 e. The van der Waals surface area contributed by atoms with E-state index in [-0.39, 0.29) is 0 Å². The Kier molecular flexibility index (Phi) is 4.05. The monoisotopic (exact) mass is 262 g/mol. The highest BCUT2D eigenvalue weighted by molar-refractivity contribution is 9.09. The highest BCUT2D eigenvalue weighted by Crippen LogP contribution is 2.19. The number of aryl methyl sites for hydroxylation is 1. The van der Waals surface area contributed by atoms with Crippen molar-refractivity contribution in [3.05, 3.63) is 34.9 Å². The van der Waals surface area contributed by atoms with Crippen LogP contribution in [0.15, 0.2) is 12.1 Å². The van der Waals surface area contributed by atoms with Crippen LogP contribution in [0.5, 0.6) is 0 Å². The molecule has 1 unspecified atom stereocenters. The topological polar surface area (TPSA) is 0 Å². The van der Waals surface area contributed by atoms with Gasteiger partial charge in [-0.25, -0.2) is 8.78 Å². The fourth-order valence-electron chi connectivity index (χ4n) is 1.27. The molecule has 0 nitrogen and oxygen atoms in total. The van der Waals surface area contributed by atoms with Gasteiger partial charge in [0, 0.05) is 5.33 Å². The summed E-state index contributed by atoms with van der Waals surface area (Å²) in [5, 5.41) is 0.794. The first-order valence-corrected chi connectivity index (χ1v) is 5.67. The van der Waals surface area contributed by atoms with Gasteiger partial charge in [0.1, 0.15) is 0 Å². The summed E-state index contributed by atoms with van der Waals surface area (Å²) >= 11 is 3.31. The molecule has 0 aromatic heterocycles. The molecule has 0 aliphatic carbocycles. The van der Waals surface area contributed by atoms with Crippen LogP contribution in [0.1, 0.15) is 18.1 Å². The van der Waals surface area contributed by atoms with E-state index in [0.29, 0.717) is 23.5 Å². The zero-order valence-electron chi connectivity index (χ0n) is 8.28. The average Bonchev–Trinajstić information content (AvgIpc) is 2.19. The van der Waals surface area contributed by atoms with Crippen molar-refractivity contribution in [3.8, 4) is 0 Å². The van der Waals surface area contributed by atoms with Crippen LogP contribution in [-0.2, 0) is 6.42 Å². The van der Waals surface area contributed by atoms with Crippen molar-refractivity contribution in [2.75, 3.05) is 5.33 Å². The van der Waals surface area contributed by atoms with Crippen LogP contribution >= 0.6 is 15.9 Å². The van der Waals surface area contributed by atoms with E-state index in [1.165, 1.54) is 0 Å². The lowest BCUT2D eigenvalue weighted by atomic mass is 10.0. The summed E-state index contributed by atoms with van der Waals surface area (Å²) in [6.07, 6.45) is 0.564. The molecule has 0 amide bonds. The molecule has 0 fully saturated rings. The molecule has 0 spiro atoms. The molecule has 0 radical (unpaired) electrons. The molecule has 0 heterocycles. The number of rotatable bonds is 3. The third-order valence-electron chi connectivity index (χ3n) is 2.19. The molecule has 1 aromatic rings. The van der Waals surface area contributed by atoms with Gasteiger partial charge in [0.05, 0.1) is 0 Å². The van der Waals surface area contributed by atoms with E-state index in [9.17, 15) is 8.78 Å². The molecule has 1 rings (SSSR count). The number of alkyl halides is 1. The van der Waals surface area contributed by atoms with E-state index in [2.05, 4.69) is 15.9 Å². The normalized spacial score (nSPS) is 12.9. The Hall–Kier alpha value is -0.440. The fraction of sp³-hybridized carbons (Fsp3) is 0.455. The Morgan fingerprint density at radius 1 is 1.29 bits per heavy atom. The summed E-state index contributed by atoms with van der Waals surface area (Å²) < 4.78 is 26.5. The quantitative estimate of drug-likeness (QED) is 0.727. The lowest BCUT2D eigenvalue weighted by Gasteiger charge is -2.09. The van der Waals surface area contributed by atoms with Crippen molar-refractivity contribution in [2.24, 2.45) is 5.92 Å². The van der Waals surface area contributed by atoms with Gasteiger partial charge in [0.15, 0.2) is 11.6 Å². The SMILES string of the molecule is Cc1ccc(CC(C)CBr)c(F)c1F. The van der Waals surface area contributed by atoms with Crippen LogP contribution < -0.4 is 0 Å². The molecular formula is C11H13BrF2. The molecule has 0 saturated heterocycles. The molecule has 1 atom stereocenters. The fourth-order valence-corrected chi connectivity index (χ4v) is 1.50. The van der Waals surface area contributed by atoms with Crippen molar-refractivity contribution in [2.45, 2.75) is 20.3 Å². The van der Waals surface area contributed by atoms with Crippen molar-refractivity contribution in [1.29, 1.82) is 0 Å². The van der Waals surface area contributed by atoms with E-state index >= 15 is 0 Å². The lowest BCUT2D eigenvalue weighted by molar-refractivity contribution is 0.486. The van der Waals surface area contributed by atoms with Gasteiger partial charge in [-0.3, -0.25) is 0 Å². The predicted octanol–water partition coefficient (Wildman–Crippen LogP) is 3.85. The van der Waals surface area contributed by atoms with Crippen LogP contribution in [0.25, 0.3) is 0 Å². The van der Waals surface area contributed by atoms with Gasteiger partial charge < -0.3 is 0 Å². The van der Waals surface area contributed by atoms with Crippen LogP contribution in [0.3, 0.4) is 0 Å². The Morgan fingerprint density at radius 2 is 1.93 bits per heavy atom. The average molecular weight is 263 g/mol. The molecule has 0 saturated carbocycles. The highest BCUT2D eigenvalue weighted by Gasteiger charge is 2.12. The number of halogens is 3. The second-order valence-corrected chi connectivity index (χ2v) is 4.28. The van der Waals surface area contributed by atoms with E-state index in [1.54, 1.807) is 19.1 Å².